The smallest absolute Gasteiger partial charge is 0.310 e. The van der Waals surface area contributed by atoms with Crippen LogP contribution in [0.3, 0.4) is 0 Å². The Morgan fingerprint density at radius 3 is 1.71 bits per heavy atom. The fourth-order valence-corrected chi connectivity index (χ4v) is 4.52. The summed E-state index contributed by atoms with van der Waals surface area (Å²) in [5.74, 6) is 0.428. The molecule has 0 atom stereocenters. The molecule has 0 aromatic heterocycles. The van der Waals surface area contributed by atoms with Crippen molar-refractivity contribution in [3.8, 4) is 11.5 Å². The van der Waals surface area contributed by atoms with Crippen LogP contribution in [0.15, 0.2) is 103 Å². The van der Waals surface area contributed by atoms with Gasteiger partial charge in [-0.15, -0.1) is 0 Å². The van der Waals surface area contributed by atoms with Crippen LogP contribution in [0.4, 0.5) is 0 Å². The van der Waals surface area contributed by atoms with Crippen LogP contribution in [0.1, 0.15) is 46.5 Å². The summed E-state index contributed by atoms with van der Waals surface area (Å²) in [6.45, 7) is 4.72. The van der Waals surface area contributed by atoms with Crippen molar-refractivity contribution in [3.05, 3.63) is 131 Å². The standard InChI is InChI=1S/C35H35NO6/c1-3-40-33(37)22-28-17-18-29(21-30(28)23-34(38)41-4-2)35(39)36(24-26-11-7-5-8-12-26)25-27-15-19-32(20-16-27)42-31-13-9-6-10-14-31/h5-21H,3-4,22-25H2,1-2H3. The lowest BCUT2D eigenvalue weighted by Crippen LogP contribution is -2.30. The highest BCUT2D eigenvalue weighted by molar-refractivity contribution is 5.95. The van der Waals surface area contributed by atoms with Gasteiger partial charge in [0.2, 0.25) is 0 Å². The van der Waals surface area contributed by atoms with Crippen molar-refractivity contribution in [2.45, 2.75) is 39.8 Å². The van der Waals surface area contributed by atoms with Gasteiger partial charge in [-0.2, -0.15) is 0 Å². The second-order valence-electron chi connectivity index (χ2n) is 9.65. The Morgan fingerprint density at radius 2 is 1.12 bits per heavy atom. The number of hydrogen-bond acceptors (Lipinski definition) is 6. The van der Waals surface area contributed by atoms with E-state index < -0.39 is 11.9 Å². The molecule has 7 heteroatoms. The Labute approximate surface area is 246 Å². The van der Waals surface area contributed by atoms with Crippen LogP contribution >= 0.6 is 0 Å². The van der Waals surface area contributed by atoms with Gasteiger partial charge in [-0.25, -0.2) is 0 Å². The number of hydrogen-bond donors (Lipinski definition) is 0. The van der Waals surface area contributed by atoms with E-state index in [0.29, 0.717) is 35.5 Å². The molecule has 4 aromatic rings. The third kappa shape index (κ3) is 8.80. The van der Waals surface area contributed by atoms with Crippen molar-refractivity contribution in [2.75, 3.05) is 13.2 Å². The Balaban J connectivity index is 1.59. The zero-order chi connectivity index (χ0) is 29.7. The van der Waals surface area contributed by atoms with Crippen molar-refractivity contribution in [2.24, 2.45) is 0 Å². The number of para-hydroxylation sites is 1. The topological polar surface area (TPSA) is 82.1 Å². The monoisotopic (exact) mass is 565 g/mol. The zero-order valence-corrected chi connectivity index (χ0v) is 24.0. The summed E-state index contributed by atoms with van der Waals surface area (Å²) < 4.78 is 16.2. The summed E-state index contributed by atoms with van der Waals surface area (Å²) in [6.07, 6.45) is -0.0482. The third-order valence-electron chi connectivity index (χ3n) is 6.51. The molecule has 4 aromatic carbocycles. The van der Waals surface area contributed by atoms with Gasteiger partial charge in [-0.1, -0.05) is 66.7 Å². The van der Waals surface area contributed by atoms with Crippen LogP contribution in [-0.4, -0.2) is 36.0 Å². The first kappa shape index (κ1) is 30.1. The van der Waals surface area contributed by atoms with Crippen LogP contribution in [0.25, 0.3) is 0 Å². The molecule has 0 unspecified atom stereocenters. The van der Waals surface area contributed by atoms with Crippen LogP contribution in [0.5, 0.6) is 11.5 Å². The third-order valence-corrected chi connectivity index (χ3v) is 6.51. The highest BCUT2D eigenvalue weighted by Crippen LogP contribution is 2.23. The second kappa shape index (κ2) is 15.2. The second-order valence-corrected chi connectivity index (χ2v) is 9.65. The van der Waals surface area contributed by atoms with Gasteiger partial charge in [-0.3, -0.25) is 14.4 Å². The molecular weight excluding hydrogens is 530 g/mol. The van der Waals surface area contributed by atoms with Gasteiger partial charge in [0, 0.05) is 18.7 Å². The highest BCUT2D eigenvalue weighted by Gasteiger charge is 2.20. The predicted octanol–water partition coefficient (Wildman–Crippen LogP) is 6.53. The van der Waals surface area contributed by atoms with Crippen molar-refractivity contribution in [1.82, 2.24) is 4.90 Å². The number of rotatable bonds is 13. The number of ether oxygens (including phenoxy) is 3. The van der Waals surface area contributed by atoms with E-state index in [1.807, 2.05) is 84.9 Å². The van der Waals surface area contributed by atoms with E-state index in [4.69, 9.17) is 14.2 Å². The number of carbonyl (C=O) groups is 3. The molecule has 0 radical (unpaired) electrons. The van der Waals surface area contributed by atoms with Gasteiger partial charge in [0.15, 0.2) is 0 Å². The largest absolute Gasteiger partial charge is 0.466 e. The maximum absolute atomic E-state index is 14.0. The lowest BCUT2D eigenvalue weighted by Gasteiger charge is -2.24. The SMILES string of the molecule is CCOC(=O)Cc1ccc(C(=O)N(Cc2ccccc2)Cc2ccc(Oc3ccccc3)cc2)cc1CC(=O)OCC. The molecule has 4 rings (SSSR count). The summed E-state index contributed by atoms with van der Waals surface area (Å²) in [6, 6.07) is 32.1. The number of amides is 1. The molecule has 0 spiro atoms. The molecule has 0 N–H and O–H groups in total. The molecule has 0 aliphatic carbocycles. The normalized spacial score (nSPS) is 10.5. The van der Waals surface area contributed by atoms with Crippen molar-refractivity contribution in [3.63, 3.8) is 0 Å². The first-order valence-electron chi connectivity index (χ1n) is 14.0. The summed E-state index contributed by atoms with van der Waals surface area (Å²) in [5.41, 5.74) is 3.53. The Morgan fingerprint density at radius 1 is 0.595 bits per heavy atom. The molecule has 0 heterocycles. The van der Waals surface area contributed by atoms with Gasteiger partial charge in [0.25, 0.3) is 5.91 Å². The maximum atomic E-state index is 14.0. The fourth-order valence-electron chi connectivity index (χ4n) is 4.52. The lowest BCUT2D eigenvalue weighted by molar-refractivity contribution is -0.143. The summed E-state index contributed by atoms with van der Waals surface area (Å²) >= 11 is 0. The van der Waals surface area contributed by atoms with Gasteiger partial charge in [0.1, 0.15) is 11.5 Å². The molecule has 216 valence electrons. The van der Waals surface area contributed by atoms with Crippen LogP contribution in [-0.2, 0) is 45.0 Å². The summed E-state index contributed by atoms with van der Waals surface area (Å²) in [5, 5.41) is 0. The first-order chi connectivity index (χ1) is 20.4. The van der Waals surface area contributed by atoms with E-state index in [2.05, 4.69) is 0 Å². The molecule has 0 saturated heterocycles. The van der Waals surface area contributed by atoms with Gasteiger partial charge >= 0.3 is 11.9 Å². The van der Waals surface area contributed by atoms with Crippen molar-refractivity contribution >= 4 is 17.8 Å². The minimum atomic E-state index is -0.425. The average Bonchev–Trinajstić information content (AvgIpc) is 2.99. The number of benzene rings is 4. The van der Waals surface area contributed by atoms with E-state index in [1.54, 1.807) is 36.9 Å². The quantitative estimate of drug-likeness (QED) is 0.171. The van der Waals surface area contributed by atoms with Crippen molar-refractivity contribution < 1.29 is 28.6 Å². The molecule has 42 heavy (non-hydrogen) atoms. The van der Waals surface area contributed by atoms with E-state index in [-0.39, 0.29) is 32.0 Å². The number of nitrogens with zero attached hydrogens (tertiary/aromatic N) is 1. The lowest BCUT2D eigenvalue weighted by atomic mass is 9.98. The summed E-state index contributed by atoms with van der Waals surface area (Å²) in [4.78, 5) is 40.3. The maximum Gasteiger partial charge on any atom is 0.310 e. The minimum absolute atomic E-state index is 0.00216. The zero-order valence-electron chi connectivity index (χ0n) is 24.0. The van der Waals surface area contributed by atoms with Gasteiger partial charge in [0.05, 0.1) is 26.1 Å². The van der Waals surface area contributed by atoms with Gasteiger partial charge < -0.3 is 19.1 Å². The highest BCUT2D eigenvalue weighted by atomic mass is 16.5. The first-order valence-corrected chi connectivity index (χ1v) is 14.0. The minimum Gasteiger partial charge on any atom is -0.466 e. The fraction of sp³-hybridized carbons (Fsp3) is 0.229. The van der Waals surface area contributed by atoms with Crippen LogP contribution < -0.4 is 4.74 Å². The van der Waals surface area contributed by atoms with Crippen LogP contribution in [0, 0.1) is 0 Å². The van der Waals surface area contributed by atoms with E-state index >= 15 is 0 Å². The molecule has 0 bridgehead atoms. The Kier molecular flexibility index (Phi) is 10.9. The Bertz CT molecular complexity index is 1470. The molecule has 1 amide bonds. The molecule has 0 fully saturated rings. The van der Waals surface area contributed by atoms with Crippen LogP contribution in [0.2, 0.25) is 0 Å². The molecule has 0 saturated carbocycles. The van der Waals surface area contributed by atoms with E-state index in [1.165, 1.54) is 0 Å². The molecule has 0 aliphatic heterocycles. The summed E-state index contributed by atoms with van der Waals surface area (Å²) in [7, 11) is 0. The molecule has 0 aliphatic rings. The molecular formula is C35H35NO6. The average molecular weight is 566 g/mol. The van der Waals surface area contributed by atoms with E-state index in [9.17, 15) is 14.4 Å². The Hall–Kier alpha value is -4.91. The van der Waals surface area contributed by atoms with Gasteiger partial charge in [-0.05, 0) is 72.5 Å². The van der Waals surface area contributed by atoms with E-state index in [0.717, 1.165) is 16.9 Å². The number of esters is 2. The number of carbonyl (C=O) groups excluding carboxylic acids is 3. The molecule has 7 nitrogen and oxygen atoms in total. The predicted molar refractivity (Wildman–Crippen MR) is 160 cm³/mol. The van der Waals surface area contributed by atoms with Crippen molar-refractivity contribution in [1.29, 1.82) is 0 Å².